The van der Waals surface area contributed by atoms with Gasteiger partial charge in [0.2, 0.25) is 0 Å². The molecule has 0 saturated carbocycles. The molecule has 0 bridgehead atoms. The van der Waals surface area contributed by atoms with E-state index < -0.39 is 0 Å². The fraction of sp³-hybridized carbons (Fsp3) is 0.667. The second-order valence-corrected chi connectivity index (χ2v) is 6.80. The average Bonchev–Trinajstić information content (AvgIpc) is 2.29. The molecule has 0 aromatic heterocycles. The summed E-state index contributed by atoms with van der Waals surface area (Å²) in [7, 11) is 0. The van der Waals surface area contributed by atoms with Crippen molar-refractivity contribution in [2.75, 3.05) is 6.61 Å². The van der Waals surface area contributed by atoms with Crippen molar-refractivity contribution in [2.24, 2.45) is 11.3 Å². The molecule has 0 aliphatic rings. The van der Waals surface area contributed by atoms with E-state index in [1.165, 1.54) is 5.56 Å². The highest BCUT2D eigenvalue weighted by molar-refractivity contribution is 5.30. The van der Waals surface area contributed by atoms with Crippen LogP contribution in [0.5, 0.6) is 5.75 Å². The molecule has 2 nitrogen and oxygen atoms in total. The SMILES string of the molecule is CCOC(C)Oc1ccc(C(C(C)C)C(C)(C)C)cc1. The Morgan fingerprint density at radius 1 is 1.00 bits per heavy atom. The van der Waals surface area contributed by atoms with Crippen molar-refractivity contribution in [1.82, 2.24) is 0 Å². The summed E-state index contributed by atoms with van der Waals surface area (Å²) in [6.45, 7) is 16.1. The van der Waals surface area contributed by atoms with Crippen molar-refractivity contribution >= 4 is 0 Å². The van der Waals surface area contributed by atoms with E-state index in [9.17, 15) is 0 Å². The first-order valence-corrected chi connectivity index (χ1v) is 7.64. The van der Waals surface area contributed by atoms with Gasteiger partial charge in [0.15, 0.2) is 6.29 Å². The second-order valence-electron chi connectivity index (χ2n) is 6.80. The number of rotatable bonds is 6. The van der Waals surface area contributed by atoms with E-state index in [1.54, 1.807) is 0 Å². The molecule has 0 heterocycles. The monoisotopic (exact) mass is 278 g/mol. The van der Waals surface area contributed by atoms with Gasteiger partial charge in [0.05, 0.1) is 0 Å². The number of hydrogen-bond acceptors (Lipinski definition) is 2. The van der Waals surface area contributed by atoms with Crippen LogP contribution in [-0.2, 0) is 4.74 Å². The summed E-state index contributed by atoms with van der Waals surface area (Å²) in [6, 6.07) is 8.46. The molecule has 2 heteroatoms. The number of benzene rings is 1. The lowest BCUT2D eigenvalue weighted by Gasteiger charge is -2.34. The highest BCUT2D eigenvalue weighted by Crippen LogP contribution is 2.40. The Morgan fingerprint density at radius 3 is 1.95 bits per heavy atom. The van der Waals surface area contributed by atoms with Gasteiger partial charge in [-0.2, -0.15) is 0 Å². The van der Waals surface area contributed by atoms with Gasteiger partial charge in [-0.15, -0.1) is 0 Å². The van der Waals surface area contributed by atoms with Gasteiger partial charge in [0.1, 0.15) is 5.75 Å². The third kappa shape index (κ3) is 4.82. The first-order chi connectivity index (χ1) is 9.25. The van der Waals surface area contributed by atoms with E-state index >= 15 is 0 Å². The Bertz CT molecular complexity index is 387. The quantitative estimate of drug-likeness (QED) is 0.663. The predicted octanol–water partition coefficient (Wildman–Crippen LogP) is 5.23. The Balaban J connectivity index is 2.84. The lowest BCUT2D eigenvalue weighted by molar-refractivity contribution is -0.0613. The minimum absolute atomic E-state index is 0.200. The van der Waals surface area contributed by atoms with Crippen LogP contribution in [-0.4, -0.2) is 12.9 Å². The number of ether oxygens (including phenoxy) is 2. The van der Waals surface area contributed by atoms with Crippen LogP contribution in [0.3, 0.4) is 0 Å². The van der Waals surface area contributed by atoms with Crippen molar-refractivity contribution in [3.8, 4) is 5.75 Å². The van der Waals surface area contributed by atoms with Gasteiger partial charge in [-0.1, -0.05) is 46.8 Å². The van der Waals surface area contributed by atoms with Crippen molar-refractivity contribution in [3.63, 3.8) is 0 Å². The molecular formula is C18H30O2. The molecule has 1 aromatic carbocycles. The van der Waals surface area contributed by atoms with Gasteiger partial charge in [0.25, 0.3) is 0 Å². The summed E-state index contributed by atoms with van der Waals surface area (Å²) in [5, 5.41) is 0. The van der Waals surface area contributed by atoms with Crippen LogP contribution in [0.15, 0.2) is 24.3 Å². The van der Waals surface area contributed by atoms with E-state index in [2.05, 4.69) is 46.8 Å². The maximum atomic E-state index is 5.71. The largest absolute Gasteiger partial charge is 0.465 e. The third-order valence-electron chi connectivity index (χ3n) is 3.54. The first-order valence-electron chi connectivity index (χ1n) is 7.64. The molecule has 0 aliphatic carbocycles. The van der Waals surface area contributed by atoms with Gasteiger partial charge in [-0.3, -0.25) is 0 Å². The standard InChI is InChI=1S/C18H30O2/c1-8-19-14(4)20-16-11-9-15(10-12-16)17(13(2)3)18(5,6)7/h9-14,17H,8H2,1-7H3. The van der Waals surface area contributed by atoms with Crippen LogP contribution >= 0.6 is 0 Å². The average molecular weight is 278 g/mol. The van der Waals surface area contributed by atoms with Gasteiger partial charge >= 0.3 is 0 Å². The number of hydrogen-bond donors (Lipinski definition) is 0. The smallest absolute Gasteiger partial charge is 0.196 e. The highest BCUT2D eigenvalue weighted by Gasteiger charge is 2.28. The van der Waals surface area contributed by atoms with Crippen molar-refractivity contribution < 1.29 is 9.47 Å². The molecule has 0 saturated heterocycles. The predicted molar refractivity (Wildman–Crippen MR) is 85.2 cm³/mol. The van der Waals surface area contributed by atoms with Crippen LogP contribution < -0.4 is 4.74 Å². The molecule has 0 N–H and O–H groups in total. The fourth-order valence-corrected chi connectivity index (χ4v) is 3.10. The zero-order chi connectivity index (χ0) is 15.3. The van der Waals surface area contributed by atoms with E-state index in [1.807, 2.05) is 26.0 Å². The summed E-state index contributed by atoms with van der Waals surface area (Å²) < 4.78 is 11.1. The molecule has 2 atom stereocenters. The lowest BCUT2D eigenvalue weighted by atomic mass is 9.70. The molecule has 0 aliphatic heterocycles. The molecule has 1 rings (SSSR count). The van der Waals surface area contributed by atoms with E-state index in [-0.39, 0.29) is 11.7 Å². The molecular weight excluding hydrogens is 248 g/mol. The van der Waals surface area contributed by atoms with E-state index in [0.717, 1.165) is 5.75 Å². The van der Waals surface area contributed by atoms with Crippen LogP contribution in [0.25, 0.3) is 0 Å². The minimum atomic E-state index is -0.200. The Labute approximate surface area is 124 Å². The van der Waals surface area contributed by atoms with Crippen molar-refractivity contribution in [3.05, 3.63) is 29.8 Å². The Morgan fingerprint density at radius 2 is 1.55 bits per heavy atom. The summed E-state index contributed by atoms with van der Waals surface area (Å²) >= 11 is 0. The molecule has 0 spiro atoms. The van der Waals surface area contributed by atoms with Crippen molar-refractivity contribution in [1.29, 1.82) is 0 Å². The summed E-state index contributed by atoms with van der Waals surface area (Å²) in [5.41, 5.74) is 1.64. The molecule has 0 fully saturated rings. The summed E-state index contributed by atoms with van der Waals surface area (Å²) in [5.74, 6) is 2.02. The zero-order valence-electron chi connectivity index (χ0n) is 14.1. The molecule has 1 aromatic rings. The van der Waals surface area contributed by atoms with Crippen LogP contribution in [0, 0.1) is 11.3 Å². The van der Waals surface area contributed by atoms with Gasteiger partial charge in [-0.05, 0) is 48.8 Å². The lowest BCUT2D eigenvalue weighted by Crippen LogP contribution is -2.23. The molecule has 0 radical (unpaired) electrons. The van der Waals surface area contributed by atoms with Gasteiger partial charge in [0, 0.05) is 6.61 Å². The summed E-state index contributed by atoms with van der Waals surface area (Å²) in [6.07, 6.45) is -0.200. The topological polar surface area (TPSA) is 18.5 Å². The molecule has 20 heavy (non-hydrogen) atoms. The first kappa shape index (κ1) is 17.0. The van der Waals surface area contributed by atoms with Gasteiger partial charge < -0.3 is 9.47 Å². The van der Waals surface area contributed by atoms with Crippen molar-refractivity contribution in [2.45, 2.75) is 60.7 Å². The van der Waals surface area contributed by atoms with E-state index in [4.69, 9.17) is 9.47 Å². The maximum Gasteiger partial charge on any atom is 0.196 e. The molecule has 2 unspecified atom stereocenters. The zero-order valence-corrected chi connectivity index (χ0v) is 14.1. The summed E-state index contributed by atoms with van der Waals surface area (Å²) in [4.78, 5) is 0. The Hall–Kier alpha value is -1.02. The normalized spacial score (nSPS) is 15.2. The highest BCUT2D eigenvalue weighted by atomic mass is 16.7. The molecule has 114 valence electrons. The van der Waals surface area contributed by atoms with Gasteiger partial charge in [-0.25, -0.2) is 0 Å². The maximum absolute atomic E-state index is 5.71. The van der Waals surface area contributed by atoms with Crippen LogP contribution in [0.4, 0.5) is 0 Å². The fourth-order valence-electron chi connectivity index (χ4n) is 3.10. The van der Waals surface area contributed by atoms with E-state index in [0.29, 0.717) is 18.4 Å². The minimum Gasteiger partial charge on any atom is -0.465 e. The molecule has 0 amide bonds. The van der Waals surface area contributed by atoms with Crippen LogP contribution in [0.1, 0.15) is 59.9 Å². The van der Waals surface area contributed by atoms with Crippen LogP contribution in [0.2, 0.25) is 0 Å². The third-order valence-corrected chi connectivity index (χ3v) is 3.54. The second kappa shape index (κ2) is 7.12. The Kier molecular flexibility index (Phi) is 6.07.